The number of hydrogen-bond donors (Lipinski definition) is 2. The van der Waals surface area contributed by atoms with E-state index >= 15 is 0 Å². The number of aromatic nitrogens is 1. The van der Waals surface area contributed by atoms with Crippen molar-refractivity contribution in [3.05, 3.63) is 28.5 Å². The van der Waals surface area contributed by atoms with Crippen molar-refractivity contribution in [2.24, 2.45) is 0 Å². The molecule has 1 amide bonds. The van der Waals surface area contributed by atoms with E-state index in [1.807, 2.05) is 45.9 Å². The maximum absolute atomic E-state index is 11.5. The highest BCUT2D eigenvalue weighted by molar-refractivity contribution is 9.10. The van der Waals surface area contributed by atoms with Gasteiger partial charge >= 0.3 is 6.09 Å². The van der Waals surface area contributed by atoms with Gasteiger partial charge in [0.1, 0.15) is 10.2 Å². The van der Waals surface area contributed by atoms with E-state index < -0.39 is 11.7 Å². The van der Waals surface area contributed by atoms with Crippen LogP contribution in [-0.4, -0.2) is 29.3 Å². The fourth-order valence-corrected chi connectivity index (χ4v) is 1.83. The molecule has 0 bridgehead atoms. The van der Waals surface area contributed by atoms with Gasteiger partial charge in [0.15, 0.2) is 0 Å². The number of rotatable bonds is 5. The minimum atomic E-state index is -0.471. The predicted molar refractivity (Wildman–Crippen MR) is 82.5 cm³/mol. The van der Waals surface area contributed by atoms with Crippen LogP contribution in [0.4, 0.5) is 4.79 Å². The number of hydrogen-bond acceptors (Lipinski definition) is 4. The summed E-state index contributed by atoms with van der Waals surface area (Å²) in [6.45, 7) is 8.67. The van der Waals surface area contributed by atoms with E-state index in [1.165, 1.54) is 0 Å². The third-order valence-corrected chi connectivity index (χ3v) is 2.80. The molecule has 0 aliphatic heterocycles. The zero-order valence-corrected chi connectivity index (χ0v) is 14.0. The molecule has 1 aromatic heterocycles. The first-order valence-corrected chi connectivity index (χ1v) is 7.37. The number of pyridine rings is 1. The average Bonchev–Trinajstić information content (AvgIpc) is 2.32. The molecule has 2 N–H and O–H groups in total. The molecule has 1 atom stereocenters. The van der Waals surface area contributed by atoms with Crippen molar-refractivity contribution in [3.63, 3.8) is 0 Å². The highest BCUT2D eigenvalue weighted by Crippen LogP contribution is 2.07. The molecule has 0 spiro atoms. The molecule has 1 unspecified atom stereocenters. The number of halogens is 1. The second-order valence-electron chi connectivity index (χ2n) is 5.62. The van der Waals surface area contributed by atoms with Crippen molar-refractivity contribution in [2.45, 2.75) is 45.9 Å². The summed E-state index contributed by atoms with van der Waals surface area (Å²) in [5.41, 5.74) is 0.476. The monoisotopic (exact) mass is 343 g/mol. The SMILES string of the molecule is CC(CNC(=O)OC(C)(C)C)NCc1cccc(Br)n1. The second kappa shape index (κ2) is 7.59. The Morgan fingerprint density at radius 1 is 1.45 bits per heavy atom. The molecule has 1 heterocycles. The van der Waals surface area contributed by atoms with Crippen molar-refractivity contribution in [1.29, 1.82) is 0 Å². The molecule has 1 rings (SSSR count). The molecule has 0 saturated carbocycles. The Hall–Kier alpha value is -1.14. The van der Waals surface area contributed by atoms with Crippen molar-refractivity contribution in [2.75, 3.05) is 6.54 Å². The predicted octanol–water partition coefficient (Wildman–Crippen LogP) is 2.85. The van der Waals surface area contributed by atoms with Gasteiger partial charge in [0.2, 0.25) is 0 Å². The first-order chi connectivity index (χ1) is 9.26. The normalized spacial score (nSPS) is 12.8. The molecule has 5 nitrogen and oxygen atoms in total. The lowest BCUT2D eigenvalue weighted by Gasteiger charge is -2.21. The number of nitrogens with zero attached hydrogens (tertiary/aromatic N) is 1. The molecule has 0 radical (unpaired) electrons. The van der Waals surface area contributed by atoms with E-state index in [-0.39, 0.29) is 6.04 Å². The van der Waals surface area contributed by atoms with Crippen LogP contribution in [0.25, 0.3) is 0 Å². The van der Waals surface area contributed by atoms with Gasteiger partial charge in [-0.05, 0) is 55.8 Å². The molecule has 0 fully saturated rings. The zero-order chi connectivity index (χ0) is 15.2. The summed E-state index contributed by atoms with van der Waals surface area (Å²) in [4.78, 5) is 15.8. The molecule has 6 heteroatoms. The molecular weight excluding hydrogens is 322 g/mol. The smallest absolute Gasteiger partial charge is 0.407 e. The minimum absolute atomic E-state index is 0.128. The van der Waals surface area contributed by atoms with Crippen LogP contribution in [0.15, 0.2) is 22.8 Å². The van der Waals surface area contributed by atoms with Crippen LogP contribution >= 0.6 is 15.9 Å². The number of carbonyl (C=O) groups is 1. The number of alkyl carbamates (subject to hydrolysis) is 1. The fourth-order valence-electron chi connectivity index (χ4n) is 1.45. The van der Waals surface area contributed by atoms with E-state index in [4.69, 9.17) is 4.74 Å². The average molecular weight is 344 g/mol. The molecule has 0 aliphatic rings. The summed E-state index contributed by atoms with van der Waals surface area (Å²) >= 11 is 3.33. The van der Waals surface area contributed by atoms with Gasteiger partial charge in [-0.25, -0.2) is 9.78 Å². The fraction of sp³-hybridized carbons (Fsp3) is 0.571. The summed E-state index contributed by atoms with van der Waals surface area (Å²) in [5.74, 6) is 0. The summed E-state index contributed by atoms with van der Waals surface area (Å²) in [6, 6.07) is 5.91. The van der Waals surface area contributed by atoms with Crippen LogP contribution in [0.3, 0.4) is 0 Å². The molecule has 0 saturated heterocycles. The van der Waals surface area contributed by atoms with Crippen molar-refractivity contribution < 1.29 is 9.53 Å². The largest absolute Gasteiger partial charge is 0.444 e. The third-order valence-electron chi connectivity index (χ3n) is 2.36. The second-order valence-corrected chi connectivity index (χ2v) is 6.43. The first kappa shape index (κ1) is 16.9. The Kier molecular flexibility index (Phi) is 6.42. The van der Waals surface area contributed by atoms with Crippen LogP contribution < -0.4 is 10.6 Å². The standard InChI is InChI=1S/C14H22BrN3O2/c1-10(8-17-13(19)20-14(2,3)4)16-9-11-6-5-7-12(15)18-11/h5-7,10,16H,8-9H2,1-4H3,(H,17,19). The van der Waals surface area contributed by atoms with Crippen LogP contribution in [0.5, 0.6) is 0 Å². The van der Waals surface area contributed by atoms with Crippen LogP contribution in [0, 0.1) is 0 Å². The molecule has 20 heavy (non-hydrogen) atoms. The van der Waals surface area contributed by atoms with E-state index in [0.717, 1.165) is 10.3 Å². The lowest BCUT2D eigenvalue weighted by atomic mass is 10.2. The third kappa shape index (κ3) is 7.45. The van der Waals surface area contributed by atoms with Gasteiger partial charge in [-0.1, -0.05) is 6.07 Å². The molecular formula is C14H22BrN3O2. The molecule has 0 aliphatic carbocycles. The maximum Gasteiger partial charge on any atom is 0.407 e. The van der Waals surface area contributed by atoms with Gasteiger partial charge in [-0.15, -0.1) is 0 Å². The van der Waals surface area contributed by atoms with Crippen LogP contribution in [0.1, 0.15) is 33.4 Å². The molecule has 0 aromatic carbocycles. The van der Waals surface area contributed by atoms with Crippen LogP contribution in [-0.2, 0) is 11.3 Å². The highest BCUT2D eigenvalue weighted by atomic mass is 79.9. The van der Waals surface area contributed by atoms with Gasteiger partial charge in [0.05, 0.1) is 5.69 Å². The minimum Gasteiger partial charge on any atom is -0.444 e. The van der Waals surface area contributed by atoms with E-state index in [2.05, 4.69) is 31.5 Å². The zero-order valence-electron chi connectivity index (χ0n) is 12.4. The lowest BCUT2D eigenvalue weighted by molar-refractivity contribution is 0.0523. The topological polar surface area (TPSA) is 63.2 Å². The van der Waals surface area contributed by atoms with Crippen LogP contribution in [0.2, 0.25) is 0 Å². The van der Waals surface area contributed by atoms with Gasteiger partial charge in [-0.3, -0.25) is 0 Å². The maximum atomic E-state index is 11.5. The number of ether oxygens (including phenoxy) is 1. The van der Waals surface area contributed by atoms with Gasteiger partial charge in [-0.2, -0.15) is 0 Å². The Morgan fingerprint density at radius 3 is 2.75 bits per heavy atom. The lowest BCUT2D eigenvalue weighted by Crippen LogP contribution is -2.41. The van der Waals surface area contributed by atoms with E-state index in [0.29, 0.717) is 13.1 Å². The summed E-state index contributed by atoms with van der Waals surface area (Å²) in [7, 11) is 0. The Morgan fingerprint density at radius 2 is 2.15 bits per heavy atom. The summed E-state index contributed by atoms with van der Waals surface area (Å²) in [6.07, 6.45) is -0.397. The quantitative estimate of drug-likeness (QED) is 0.807. The molecule has 1 aromatic rings. The van der Waals surface area contributed by atoms with Gasteiger partial charge in [0.25, 0.3) is 0 Å². The Labute approximate surface area is 128 Å². The highest BCUT2D eigenvalue weighted by Gasteiger charge is 2.16. The Bertz CT molecular complexity index is 446. The summed E-state index contributed by atoms with van der Waals surface area (Å²) < 4.78 is 5.99. The van der Waals surface area contributed by atoms with E-state index in [1.54, 1.807) is 0 Å². The Balaban J connectivity index is 2.27. The first-order valence-electron chi connectivity index (χ1n) is 6.58. The molecule has 112 valence electrons. The number of amides is 1. The van der Waals surface area contributed by atoms with Crippen molar-refractivity contribution >= 4 is 22.0 Å². The number of carbonyl (C=O) groups excluding carboxylic acids is 1. The van der Waals surface area contributed by atoms with Gasteiger partial charge in [0, 0.05) is 19.1 Å². The van der Waals surface area contributed by atoms with Gasteiger partial charge < -0.3 is 15.4 Å². The summed E-state index contributed by atoms with van der Waals surface area (Å²) in [5, 5.41) is 6.02. The van der Waals surface area contributed by atoms with Crippen molar-refractivity contribution in [1.82, 2.24) is 15.6 Å². The van der Waals surface area contributed by atoms with E-state index in [9.17, 15) is 4.79 Å². The number of nitrogens with one attached hydrogen (secondary N) is 2. The van der Waals surface area contributed by atoms with Crippen molar-refractivity contribution in [3.8, 4) is 0 Å².